The van der Waals surface area contributed by atoms with Crippen molar-refractivity contribution < 1.29 is 9.31 Å². The van der Waals surface area contributed by atoms with Crippen LogP contribution < -0.4 is 5.46 Å². The minimum Gasteiger partial charge on any atom is -0.399 e. The maximum absolute atomic E-state index is 6.70. The number of rotatable bonds is 2. The molecule has 0 unspecified atom stereocenters. The largest absolute Gasteiger partial charge is 0.495 e. The van der Waals surface area contributed by atoms with Crippen molar-refractivity contribution in [1.29, 1.82) is 0 Å². The standard InChI is InChI=1S/C33H32BNO2/c1-31(2)24-18-12-10-16-22(24)28-25(31)20-26(34-36-32(3,4)33(5,6)37-34)29-23-17-11-13-19-27(23)35(30(28)29)21-14-8-7-9-15-21/h7-20H,1-6H3. The molecule has 3 nitrogen and oxygen atoms in total. The number of hydrogen-bond acceptors (Lipinski definition) is 2. The van der Waals surface area contributed by atoms with Crippen LogP contribution in [-0.2, 0) is 14.7 Å². The highest BCUT2D eigenvalue weighted by molar-refractivity contribution is 6.66. The van der Waals surface area contributed by atoms with Crippen molar-refractivity contribution in [2.75, 3.05) is 0 Å². The molecule has 0 amide bonds. The van der Waals surface area contributed by atoms with Crippen LogP contribution in [0.15, 0.2) is 84.9 Å². The molecule has 37 heavy (non-hydrogen) atoms. The Bertz CT molecular complexity index is 1700. The summed E-state index contributed by atoms with van der Waals surface area (Å²) in [7, 11) is -0.452. The van der Waals surface area contributed by atoms with E-state index in [2.05, 4.69) is 131 Å². The highest BCUT2D eigenvalue weighted by atomic mass is 16.7. The molecule has 4 aromatic carbocycles. The molecule has 4 heteroatoms. The lowest BCUT2D eigenvalue weighted by Crippen LogP contribution is -2.41. The van der Waals surface area contributed by atoms with Gasteiger partial charge in [-0.05, 0) is 68.0 Å². The van der Waals surface area contributed by atoms with E-state index >= 15 is 0 Å². The van der Waals surface area contributed by atoms with Gasteiger partial charge in [-0.1, -0.05) is 80.6 Å². The van der Waals surface area contributed by atoms with Crippen LogP contribution in [0.1, 0.15) is 52.7 Å². The summed E-state index contributed by atoms with van der Waals surface area (Å²) in [6.07, 6.45) is 0. The third-order valence-electron chi connectivity index (χ3n) is 9.03. The molecule has 0 atom stereocenters. The zero-order valence-corrected chi connectivity index (χ0v) is 22.4. The Balaban J connectivity index is 1.69. The molecule has 1 fully saturated rings. The second-order valence-electron chi connectivity index (χ2n) is 12.1. The summed E-state index contributed by atoms with van der Waals surface area (Å²) >= 11 is 0. The quantitative estimate of drug-likeness (QED) is 0.244. The summed E-state index contributed by atoms with van der Waals surface area (Å²) in [5.41, 5.74) is 9.03. The lowest BCUT2D eigenvalue weighted by atomic mass is 9.72. The zero-order chi connectivity index (χ0) is 25.7. The Hall–Kier alpha value is -3.34. The molecule has 184 valence electrons. The van der Waals surface area contributed by atoms with Gasteiger partial charge in [-0.3, -0.25) is 0 Å². The fraction of sp³-hybridized carbons (Fsp3) is 0.273. The van der Waals surface area contributed by atoms with Gasteiger partial charge in [0.15, 0.2) is 0 Å². The monoisotopic (exact) mass is 485 g/mol. The maximum Gasteiger partial charge on any atom is 0.495 e. The fourth-order valence-corrected chi connectivity index (χ4v) is 6.35. The van der Waals surface area contributed by atoms with E-state index in [0.29, 0.717) is 0 Å². The van der Waals surface area contributed by atoms with E-state index in [0.717, 1.165) is 11.2 Å². The van der Waals surface area contributed by atoms with E-state index < -0.39 is 18.3 Å². The van der Waals surface area contributed by atoms with Gasteiger partial charge < -0.3 is 13.9 Å². The van der Waals surface area contributed by atoms with E-state index in [1.54, 1.807) is 0 Å². The van der Waals surface area contributed by atoms with Gasteiger partial charge in [0.1, 0.15) is 0 Å². The van der Waals surface area contributed by atoms with Gasteiger partial charge in [0.05, 0.1) is 22.2 Å². The molecule has 2 aliphatic rings. The molecular formula is C33H32BNO2. The van der Waals surface area contributed by atoms with Crippen LogP contribution >= 0.6 is 0 Å². The molecule has 0 spiro atoms. The number of hydrogen-bond donors (Lipinski definition) is 0. The Labute approximate surface area is 219 Å². The van der Waals surface area contributed by atoms with Gasteiger partial charge in [0.2, 0.25) is 0 Å². The van der Waals surface area contributed by atoms with Crippen molar-refractivity contribution in [3.63, 3.8) is 0 Å². The average Bonchev–Trinajstić information content (AvgIpc) is 3.42. The predicted octanol–water partition coefficient (Wildman–Crippen LogP) is 7.39. The average molecular weight is 485 g/mol. The third kappa shape index (κ3) is 2.97. The van der Waals surface area contributed by atoms with Gasteiger partial charge in [-0.15, -0.1) is 0 Å². The first-order chi connectivity index (χ1) is 17.6. The second-order valence-corrected chi connectivity index (χ2v) is 12.1. The van der Waals surface area contributed by atoms with Gasteiger partial charge in [0, 0.05) is 27.4 Å². The number of nitrogens with zero attached hydrogens (tertiary/aromatic N) is 1. The topological polar surface area (TPSA) is 23.4 Å². The van der Waals surface area contributed by atoms with E-state index in [-0.39, 0.29) is 5.41 Å². The molecule has 1 aromatic heterocycles. The minimum atomic E-state index is -0.452. The first-order valence-electron chi connectivity index (χ1n) is 13.2. The Morgan fingerprint density at radius 2 is 1.30 bits per heavy atom. The lowest BCUT2D eigenvalue weighted by molar-refractivity contribution is 0.00578. The molecule has 0 bridgehead atoms. The number of para-hydroxylation sites is 2. The highest BCUT2D eigenvalue weighted by Gasteiger charge is 2.53. The van der Waals surface area contributed by atoms with Crippen molar-refractivity contribution in [1.82, 2.24) is 4.57 Å². The zero-order valence-electron chi connectivity index (χ0n) is 22.4. The predicted molar refractivity (Wildman–Crippen MR) is 154 cm³/mol. The summed E-state index contributed by atoms with van der Waals surface area (Å²) in [5.74, 6) is 0. The Morgan fingerprint density at radius 1 is 0.676 bits per heavy atom. The van der Waals surface area contributed by atoms with Crippen LogP contribution in [0.2, 0.25) is 0 Å². The summed E-state index contributed by atoms with van der Waals surface area (Å²) < 4.78 is 15.8. The van der Waals surface area contributed by atoms with Gasteiger partial charge in [-0.2, -0.15) is 0 Å². The van der Waals surface area contributed by atoms with Crippen LogP contribution in [0.5, 0.6) is 0 Å². The van der Waals surface area contributed by atoms with Crippen molar-refractivity contribution in [3.05, 3.63) is 96.1 Å². The van der Waals surface area contributed by atoms with E-state index in [9.17, 15) is 0 Å². The summed E-state index contributed by atoms with van der Waals surface area (Å²) in [4.78, 5) is 0. The first-order valence-corrected chi connectivity index (χ1v) is 13.2. The number of fused-ring (bicyclic) bond motifs is 7. The van der Waals surface area contributed by atoms with E-state index in [1.807, 2.05) is 0 Å². The molecule has 0 saturated carbocycles. The van der Waals surface area contributed by atoms with E-state index in [4.69, 9.17) is 9.31 Å². The van der Waals surface area contributed by atoms with E-state index in [1.165, 1.54) is 44.1 Å². The second kappa shape index (κ2) is 7.37. The van der Waals surface area contributed by atoms with Crippen LogP contribution in [0.3, 0.4) is 0 Å². The van der Waals surface area contributed by atoms with Crippen molar-refractivity contribution in [2.45, 2.75) is 58.2 Å². The molecule has 5 aromatic rings. The van der Waals surface area contributed by atoms with Gasteiger partial charge in [0.25, 0.3) is 0 Å². The molecule has 1 aliphatic heterocycles. The summed E-state index contributed by atoms with van der Waals surface area (Å²) in [6, 6.07) is 30.7. The van der Waals surface area contributed by atoms with Crippen molar-refractivity contribution in [3.8, 4) is 16.8 Å². The van der Waals surface area contributed by atoms with Gasteiger partial charge >= 0.3 is 7.12 Å². The van der Waals surface area contributed by atoms with Crippen LogP contribution in [0, 0.1) is 0 Å². The lowest BCUT2D eigenvalue weighted by Gasteiger charge is -2.32. The number of aromatic nitrogens is 1. The molecule has 7 rings (SSSR count). The van der Waals surface area contributed by atoms with Crippen LogP contribution in [-0.4, -0.2) is 22.9 Å². The smallest absolute Gasteiger partial charge is 0.399 e. The maximum atomic E-state index is 6.70. The molecule has 0 N–H and O–H groups in total. The number of benzene rings is 4. The first kappa shape index (κ1) is 22.8. The minimum absolute atomic E-state index is 0.142. The van der Waals surface area contributed by atoms with Gasteiger partial charge in [-0.25, -0.2) is 0 Å². The molecule has 0 radical (unpaired) electrons. The summed E-state index contributed by atoms with van der Waals surface area (Å²) in [5, 5.41) is 2.43. The van der Waals surface area contributed by atoms with Crippen molar-refractivity contribution >= 4 is 34.4 Å². The highest BCUT2D eigenvalue weighted by Crippen LogP contribution is 2.53. The third-order valence-corrected chi connectivity index (χ3v) is 9.03. The van der Waals surface area contributed by atoms with Crippen molar-refractivity contribution in [2.24, 2.45) is 0 Å². The SMILES string of the molecule is CC1(C)c2ccccc2-c2c1cc(B1OC(C)(C)C(C)(C)O1)c1c3ccccc3n(-c3ccccc3)c21. The Morgan fingerprint density at radius 3 is 2.03 bits per heavy atom. The molecule has 1 saturated heterocycles. The van der Waals surface area contributed by atoms with Crippen LogP contribution in [0.25, 0.3) is 38.6 Å². The summed E-state index contributed by atoms with van der Waals surface area (Å²) in [6.45, 7) is 13.2. The van der Waals surface area contributed by atoms with Crippen LogP contribution in [0.4, 0.5) is 0 Å². The molecule has 1 aliphatic carbocycles. The Kier molecular flexibility index (Phi) is 4.55. The molecular weight excluding hydrogens is 453 g/mol. The normalized spacial score (nSPS) is 18.9. The molecule has 2 heterocycles. The fourth-order valence-electron chi connectivity index (χ4n) is 6.35.